The van der Waals surface area contributed by atoms with Crippen LogP contribution in [0.4, 0.5) is 22.0 Å². The molecule has 0 saturated heterocycles. The molecule has 7 nitrogen and oxygen atoms in total. The Kier molecular flexibility index (Phi) is 5.45. The van der Waals surface area contributed by atoms with Gasteiger partial charge in [-0.05, 0) is 36.6 Å². The molecule has 1 aliphatic carbocycles. The number of fused-ring (bicyclic) bond motifs is 2. The highest BCUT2D eigenvalue weighted by Crippen LogP contribution is 2.48. The third-order valence-corrected chi connectivity index (χ3v) is 7.98. The molecule has 0 bridgehead atoms. The molecule has 2 heterocycles. The number of hydrogen-bond acceptors (Lipinski definition) is 7. The molecule has 1 aliphatic rings. The molecule has 4 aromatic rings. The lowest BCUT2D eigenvalue weighted by molar-refractivity contribution is -0.360. The summed E-state index contributed by atoms with van der Waals surface area (Å²) in [5.74, 6) is -1.37. The normalized spacial score (nSPS) is 15.6. The first kappa shape index (κ1) is 24.9. The van der Waals surface area contributed by atoms with E-state index in [-0.39, 0.29) is 33.3 Å². The second-order valence-corrected chi connectivity index (χ2v) is 10.8. The highest BCUT2D eigenvalue weighted by Gasteiger charge is 2.61. The van der Waals surface area contributed by atoms with Crippen molar-refractivity contribution in [3.05, 3.63) is 48.2 Å². The maximum Gasteiger partial charge on any atom is 0.499 e. The van der Waals surface area contributed by atoms with Gasteiger partial charge in [-0.25, -0.2) is 18.4 Å². The molecule has 1 fully saturated rings. The largest absolute Gasteiger partial charge is 0.499 e. The van der Waals surface area contributed by atoms with E-state index in [0.717, 1.165) is 23.8 Å². The van der Waals surface area contributed by atoms with Crippen LogP contribution >= 0.6 is 0 Å². The summed E-state index contributed by atoms with van der Waals surface area (Å²) >= 11 is 0. The minimum atomic E-state index is -5.93. The lowest BCUT2D eigenvalue weighted by Crippen LogP contribution is -2.41. The first-order chi connectivity index (χ1) is 17.3. The predicted molar refractivity (Wildman–Crippen MR) is 121 cm³/mol. The van der Waals surface area contributed by atoms with Crippen molar-refractivity contribution >= 4 is 31.7 Å². The maximum atomic E-state index is 13.3. The molecule has 2 aromatic carbocycles. The summed E-state index contributed by atoms with van der Waals surface area (Å²) in [6.45, 7) is 1.44. The van der Waals surface area contributed by atoms with Crippen LogP contribution in [0.1, 0.15) is 25.3 Å². The number of halogens is 5. The second-order valence-electron chi connectivity index (χ2n) is 8.60. The smallest absolute Gasteiger partial charge is 0.435 e. The Morgan fingerprint density at radius 3 is 2.49 bits per heavy atom. The van der Waals surface area contributed by atoms with E-state index < -0.39 is 33.3 Å². The lowest BCUT2D eigenvalue weighted by Gasteiger charge is -2.19. The van der Waals surface area contributed by atoms with Crippen LogP contribution in [0.2, 0.25) is 0 Å². The molecule has 1 saturated carbocycles. The van der Waals surface area contributed by atoms with Crippen LogP contribution < -0.4 is 4.74 Å². The Bertz CT molecular complexity index is 1700. The molecule has 37 heavy (non-hydrogen) atoms. The highest BCUT2D eigenvalue weighted by molar-refractivity contribution is 7.91. The summed E-state index contributed by atoms with van der Waals surface area (Å²) in [5.41, 5.74) is -0.156. The third kappa shape index (κ3) is 4.15. The van der Waals surface area contributed by atoms with Crippen LogP contribution in [0, 0.1) is 11.3 Å². The summed E-state index contributed by atoms with van der Waals surface area (Å²) in [4.78, 5) is 8.17. The van der Waals surface area contributed by atoms with E-state index >= 15 is 0 Å². The van der Waals surface area contributed by atoms with Crippen molar-refractivity contribution in [2.75, 3.05) is 5.75 Å². The van der Waals surface area contributed by atoms with Gasteiger partial charge in [0.15, 0.2) is 15.4 Å². The number of rotatable bonds is 6. The lowest BCUT2D eigenvalue weighted by atomic mass is 9.95. The molecule has 192 valence electrons. The SMILES string of the molecule is CCS(=O)(=O)c1c(-c2nc3cc(OC(F)(F)C(F)(F)F)ccc3o2)ncc2cc(C3(C#N)CC3)ccc12. The Hall–Kier alpha value is -3.79. The average Bonchev–Trinajstić information content (AvgIpc) is 3.54. The van der Waals surface area contributed by atoms with Gasteiger partial charge in [0.1, 0.15) is 21.9 Å². The van der Waals surface area contributed by atoms with E-state index in [4.69, 9.17) is 4.42 Å². The third-order valence-electron chi connectivity index (χ3n) is 6.19. The number of pyridine rings is 1. The maximum absolute atomic E-state index is 13.3. The zero-order valence-electron chi connectivity index (χ0n) is 18.9. The number of nitrogens with zero attached hydrogens (tertiary/aromatic N) is 3. The number of nitriles is 1. The summed E-state index contributed by atoms with van der Waals surface area (Å²) < 4.78 is 99.7. The van der Waals surface area contributed by atoms with Crippen LogP contribution in [0.25, 0.3) is 33.5 Å². The Morgan fingerprint density at radius 1 is 1.14 bits per heavy atom. The van der Waals surface area contributed by atoms with Gasteiger partial charge in [0, 0.05) is 23.0 Å². The quantitative estimate of drug-likeness (QED) is 0.281. The molecular formula is C24H16F5N3O4S. The summed E-state index contributed by atoms with van der Waals surface area (Å²) in [7, 11) is -3.90. The number of aromatic nitrogens is 2. The molecule has 0 spiro atoms. The van der Waals surface area contributed by atoms with Crippen molar-refractivity contribution in [1.82, 2.24) is 9.97 Å². The number of benzene rings is 2. The average molecular weight is 537 g/mol. The molecule has 2 aromatic heterocycles. The molecule has 0 aliphatic heterocycles. The minimum absolute atomic E-state index is 0.0144. The van der Waals surface area contributed by atoms with Gasteiger partial charge >= 0.3 is 12.3 Å². The van der Waals surface area contributed by atoms with E-state index in [9.17, 15) is 35.6 Å². The van der Waals surface area contributed by atoms with E-state index in [1.165, 1.54) is 13.1 Å². The standard InChI is InChI=1S/C24H16F5N3O4S/c1-2-37(33,34)20-16-5-3-14(22(12-30)7-8-22)9-13(16)11-31-19(20)21-32-17-10-15(4-6-18(17)35-21)36-24(28,29)23(25,26)27/h3-6,9-11H,2,7-8H2,1H3. The van der Waals surface area contributed by atoms with Crippen molar-refractivity contribution in [1.29, 1.82) is 5.26 Å². The second kappa shape index (κ2) is 8.11. The zero-order valence-corrected chi connectivity index (χ0v) is 19.8. The van der Waals surface area contributed by atoms with E-state index in [0.29, 0.717) is 23.6 Å². The van der Waals surface area contributed by atoms with E-state index in [1.807, 2.05) is 0 Å². The number of ether oxygens (including phenoxy) is 1. The summed E-state index contributed by atoms with van der Waals surface area (Å²) in [5, 5.41) is 10.3. The summed E-state index contributed by atoms with van der Waals surface area (Å²) in [6.07, 6.45) is -8.56. The van der Waals surface area contributed by atoms with Crippen LogP contribution in [0.15, 0.2) is 51.9 Å². The number of hydrogen-bond donors (Lipinski definition) is 0. The molecule has 0 amide bonds. The predicted octanol–water partition coefficient (Wildman–Crippen LogP) is 5.93. The van der Waals surface area contributed by atoms with Crippen LogP contribution in [-0.2, 0) is 15.3 Å². The molecule has 0 N–H and O–H groups in total. The van der Waals surface area contributed by atoms with Crippen LogP contribution in [0.5, 0.6) is 5.75 Å². The Labute approximate surface area is 206 Å². The van der Waals surface area contributed by atoms with Gasteiger partial charge in [0.2, 0.25) is 5.89 Å². The fourth-order valence-electron chi connectivity index (χ4n) is 3.97. The Morgan fingerprint density at radius 2 is 1.86 bits per heavy atom. The van der Waals surface area contributed by atoms with Gasteiger partial charge in [0.25, 0.3) is 0 Å². The van der Waals surface area contributed by atoms with Gasteiger partial charge in [-0.15, -0.1) is 0 Å². The van der Waals surface area contributed by atoms with Gasteiger partial charge in [0.05, 0.1) is 17.2 Å². The van der Waals surface area contributed by atoms with E-state index in [2.05, 4.69) is 20.8 Å². The molecule has 0 radical (unpaired) electrons. The van der Waals surface area contributed by atoms with Gasteiger partial charge < -0.3 is 9.15 Å². The van der Waals surface area contributed by atoms with Crippen molar-refractivity contribution in [3.8, 4) is 23.4 Å². The first-order valence-electron chi connectivity index (χ1n) is 10.9. The topological polar surface area (TPSA) is 106 Å². The minimum Gasteiger partial charge on any atom is -0.435 e. The van der Waals surface area contributed by atoms with Crippen LogP contribution in [0.3, 0.4) is 0 Å². The van der Waals surface area contributed by atoms with Crippen molar-refractivity contribution < 1.29 is 39.5 Å². The fraction of sp³-hybridized carbons (Fsp3) is 0.292. The molecular weight excluding hydrogens is 521 g/mol. The van der Waals surface area contributed by atoms with E-state index in [1.54, 1.807) is 18.2 Å². The number of sulfone groups is 1. The monoisotopic (exact) mass is 537 g/mol. The molecule has 5 rings (SSSR count). The van der Waals surface area contributed by atoms with Crippen molar-refractivity contribution in [2.24, 2.45) is 0 Å². The molecule has 0 atom stereocenters. The van der Waals surface area contributed by atoms with Crippen LogP contribution in [-0.4, -0.2) is 36.4 Å². The fourth-order valence-corrected chi connectivity index (χ4v) is 5.22. The zero-order chi connectivity index (χ0) is 26.8. The molecule has 0 unspecified atom stereocenters. The first-order valence-corrected chi connectivity index (χ1v) is 12.6. The van der Waals surface area contributed by atoms with Gasteiger partial charge in [-0.3, -0.25) is 0 Å². The van der Waals surface area contributed by atoms with Crippen molar-refractivity contribution in [2.45, 2.75) is 42.4 Å². The number of oxazole rings is 1. The van der Waals surface area contributed by atoms with Gasteiger partial charge in [-0.1, -0.05) is 19.1 Å². The number of alkyl halides is 5. The molecule has 13 heteroatoms. The highest BCUT2D eigenvalue weighted by atomic mass is 32.2. The Balaban J connectivity index is 1.63. The van der Waals surface area contributed by atoms with Gasteiger partial charge in [-0.2, -0.15) is 27.2 Å². The van der Waals surface area contributed by atoms with Crippen molar-refractivity contribution in [3.63, 3.8) is 0 Å². The summed E-state index contributed by atoms with van der Waals surface area (Å²) in [6, 6.07) is 10.0.